The zero-order valence-corrected chi connectivity index (χ0v) is 15.8. The quantitative estimate of drug-likeness (QED) is 0.613. The minimum atomic E-state index is -0.689. The Morgan fingerprint density at radius 3 is 2.86 bits per heavy atom. The number of benzene rings is 2. The van der Waals surface area contributed by atoms with Crippen LogP contribution in [-0.4, -0.2) is 30.1 Å². The maximum Gasteiger partial charge on any atom is 0.315 e. The van der Waals surface area contributed by atoms with Gasteiger partial charge in [0.05, 0.1) is 5.41 Å². The highest BCUT2D eigenvalue weighted by atomic mass is 16.5. The van der Waals surface area contributed by atoms with E-state index in [0.29, 0.717) is 12.6 Å². The molecular formula is C23H25N3O2. The Hall–Kier alpha value is -2.63. The second kappa shape index (κ2) is 6.76. The molecule has 1 saturated heterocycles. The predicted octanol–water partition coefficient (Wildman–Crippen LogP) is 2.86. The van der Waals surface area contributed by atoms with Crippen LogP contribution >= 0.6 is 0 Å². The third kappa shape index (κ3) is 2.74. The van der Waals surface area contributed by atoms with Crippen LogP contribution in [0.5, 0.6) is 0 Å². The van der Waals surface area contributed by atoms with Crippen LogP contribution in [0.15, 0.2) is 54.7 Å². The summed E-state index contributed by atoms with van der Waals surface area (Å²) in [6.07, 6.45) is 3.81. The van der Waals surface area contributed by atoms with E-state index in [1.54, 1.807) is 0 Å². The smallest absolute Gasteiger partial charge is 0.315 e. The molecule has 3 aromatic rings. The highest BCUT2D eigenvalue weighted by Crippen LogP contribution is 2.45. The molecule has 0 amide bonds. The molecule has 0 bridgehead atoms. The number of carbonyl (C=O) groups excluding carboxylic acids is 1. The van der Waals surface area contributed by atoms with Gasteiger partial charge in [0, 0.05) is 42.1 Å². The van der Waals surface area contributed by atoms with Crippen molar-refractivity contribution >= 4 is 16.9 Å². The molecule has 3 atom stereocenters. The van der Waals surface area contributed by atoms with E-state index < -0.39 is 5.41 Å². The summed E-state index contributed by atoms with van der Waals surface area (Å²) in [6, 6.07) is 16.5. The predicted molar refractivity (Wildman–Crippen MR) is 109 cm³/mol. The lowest BCUT2D eigenvalue weighted by Gasteiger charge is -2.45. The van der Waals surface area contributed by atoms with Crippen molar-refractivity contribution in [1.29, 1.82) is 0 Å². The molecule has 0 saturated carbocycles. The number of hydrogen-bond acceptors (Lipinski definition) is 4. The molecule has 5 rings (SSSR count). The minimum Gasteiger partial charge on any atom is -0.460 e. The summed E-state index contributed by atoms with van der Waals surface area (Å²) in [7, 11) is 0. The average Bonchev–Trinajstić information content (AvgIpc) is 3.17. The van der Waals surface area contributed by atoms with Gasteiger partial charge in [0.15, 0.2) is 0 Å². The molecule has 2 heterocycles. The van der Waals surface area contributed by atoms with Crippen LogP contribution in [0.3, 0.4) is 0 Å². The van der Waals surface area contributed by atoms with Gasteiger partial charge in [-0.15, -0.1) is 0 Å². The highest BCUT2D eigenvalue weighted by molar-refractivity contribution is 5.88. The largest absolute Gasteiger partial charge is 0.460 e. The molecule has 144 valence electrons. The Kier molecular flexibility index (Phi) is 4.22. The molecule has 4 N–H and O–H groups in total. The number of piperidine rings is 1. The van der Waals surface area contributed by atoms with E-state index in [2.05, 4.69) is 34.7 Å². The zero-order valence-electron chi connectivity index (χ0n) is 15.8. The SMILES string of the molecule is NCC1(C(=O)OCc2ccccc2)CN[C@@H]2Cc3c[nH]c4cccc(c34)[C@H]2C1. The first-order valence-corrected chi connectivity index (χ1v) is 9.94. The summed E-state index contributed by atoms with van der Waals surface area (Å²) in [5.41, 5.74) is 10.3. The van der Waals surface area contributed by atoms with E-state index in [0.717, 1.165) is 18.4 Å². The van der Waals surface area contributed by atoms with Crippen molar-refractivity contribution in [3.63, 3.8) is 0 Å². The number of rotatable bonds is 4. The molecule has 5 heteroatoms. The number of carbonyl (C=O) groups is 1. The number of hydrogen-bond donors (Lipinski definition) is 3. The van der Waals surface area contributed by atoms with Crippen molar-refractivity contribution in [2.75, 3.05) is 13.1 Å². The zero-order chi connectivity index (χ0) is 19.1. The lowest BCUT2D eigenvalue weighted by Crippen LogP contribution is -2.57. The standard InChI is InChI=1S/C23H25N3O2/c24-13-23(22(27)28-12-15-5-2-1-3-6-15)10-18-17-7-4-8-19-21(17)16(11-25-19)9-20(18)26-14-23/h1-8,11,18,20,25-26H,9-10,12-14,24H2/t18-,20-,23?/m1/s1. The van der Waals surface area contributed by atoms with E-state index >= 15 is 0 Å². The van der Waals surface area contributed by atoms with Crippen LogP contribution in [0.1, 0.15) is 29.0 Å². The van der Waals surface area contributed by atoms with Gasteiger partial charge in [0.2, 0.25) is 0 Å². The van der Waals surface area contributed by atoms with Gasteiger partial charge in [0.25, 0.3) is 0 Å². The van der Waals surface area contributed by atoms with Crippen LogP contribution < -0.4 is 11.1 Å². The van der Waals surface area contributed by atoms with Crippen molar-refractivity contribution in [2.24, 2.45) is 11.1 Å². The number of fused-ring (bicyclic) bond motifs is 2. The Labute approximate surface area is 164 Å². The van der Waals surface area contributed by atoms with E-state index in [4.69, 9.17) is 10.5 Å². The van der Waals surface area contributed by atoms with Crippen LogP contribution in [0.25, 0.3) is 10.9 Å². The van der Waals surface area contributed by atoms with Gasteiger partial charge in [-0.2, -0.15) is 0 Å². The first-order valence-electron chi connectivity index (χ1n) is 9.94. The van der Waals surface area contributed by atoms with Crippen LogP contribution in [0, 0.1) is 5.41 Å². The maximum atomic E-state index is 13.1. The normalized spacial score (nSPS) is 26.0. The van der Waals surface area contributed by atoms with Crippen LogP contribution in [0.4, 0.5) is 0 Å². The van der Waals surface area contributed by atoms with Crippen molar-refractivity contribution in [2.45, 2.75) is 31.4 Å². The summed E-state index contributed by atoms with van der Waals surface area (Å²) in [4.78, 5) is 16.5. The number of H-pyrrole nitrogens is 1. The van der Waals surface area contributed by atoms with Gasteiger partial charge >= 0.3 is 5.97 Å². The van der Waals surface area contributed by atoms with E-state index in [9.17, 15) is 4.79 Å². The van der Waals surface area contributed by atoms with Gasteiger partial charge in [-0.3, -0.25) is 4.79 Å². The fourth-order valence-electron chi connectivity index (χ4n) is 4.91. The lowest BCUT2D eigenvalue weighted by atomic mass is 9.67. The second-order valence-corrected chi connectivity index (χ2v) is 8.13. The molecule has 1 unspecified atom stereocenters. The fraction of sp³-hybridized carbons (Fsp3) is 0.348. The van der Waals surface area contributed by atoms with E-state index in [1.807, 2.05) is 30.3 Å². The summed E-state index contributed by atoms with van der Waals surface area (Å²) >= 11 is 0. The van der Waals surface area contributed by atoms with Crippen molar-refractivity contribution < 1.29 is 9.53 Å². The van der Waals surface area contributed by atoms with Gasteiger partial charge in [-0.25, -0.2) is 0 Å². The number of nitrogens with two attached hydrogens (primary N) is 1. The first-order chi connectivity index (χ1) is 13.7. The molecule has 2 aliphatic rings. The van der Waals surface area contributed by atoms with Crippen molar-refractivity contribution in [3.05, 3.63) is 71.4 Å². The van der Waals surface area contributed by atoms with Gasteiger partial charge in [-0.1, -0.05) is 42.5 Å². The van der Waals surface area contributed by atoms with Crippen LogP contribution in [-0.2, 0) is 22.6 Å². The molecule has 1 fully saturated rings. The average molecular weight is 375 g/mol. The molecule has 2 aromatic carbocycles. The molecule has 1 aromatic heterocycles. The van der Waals surface area contributed by atoms with Crippen molar-refractivity contribution in [3.8, 4) is 0 Å². The third-order valence-corrected chi connectivity index (χ3v) is 6.49. The van der Waals surface area contributed by atoms with Crippen molar-refractivity contribution in [1.82, 2.24) is 10.3 Å². The number of nitrogens with one attached hydrogen (secondary N) is 2. The third-order valence-electron chi connectivity index (χ3n) is 6.49. The number of esters is 1. The van der Waals surface area contributed by atoms with Crippen LogP contribution in [0.2, 0.25) is 0 Å². The summed E-state index contributed by atoms with van der Waals surface area (Å²) in [5.74, 6) is 0.0606. The molecular weight excluding hydrogens is 350 g/mol. The number of ether oxygens (including phenoxy) is 1. The summed E-state index contributed by atoms with van der Waals surface area (Å²) in [6.45, 7) is 1.13. The Balaban J connectivity index is 1.41. The maximum absolute atomic E-state index is 13.1. The molecule has 0 radical (unpaired) electrons. The number of aromatic nitrogens is 1. The second-order valence-electron chi connectivity index (χ2n) is 8.13. The first kappa shape index (κ1) is 17.5. The summed E-state index contributed by atoms with van der Waals surface area (Å²) in [5, 5.41) is 4.94. The lowest BCUT2D eigenvalue weighted by molar-refractivity contribution is -0.158. The monoisotopic (exact) mass is 375 g/mol. The summed E-state index contributed by atoms with van der Waals surface area (Å²) < 4.78 is 5.70. The van der Waals surface area contributed by atoms with E-state index in [1.165, 1.54) is 22.0 Å². The Bertz CT molecular complexity index is 1010. The minimum absolute atomic E-state index is 0.197. The van der Waals surface area contributed by atoms with Gasteiger partial charge in [-0.05, 0) is 35.6 Å². The Morgan fingerprint density at radius 1 is 1.18 bits per heavy atom. The van der Waals surface area contributed by atoms with E-state index in [-0.39, 0.29) is 25.0 Å². The van der Waals surface area contributed by atoms with Gasteiger partial charge in [0.1, 0.15) is 6.61 Å². The molecule has 0 spiro atoms. The fourth-order valence-corrected chi connectivity index (χ4v) is 4.91. The highest BCUT2D eigenvalue weighted by Gasteiger charge is 2.48. The molecule has 28 heavy (non-hydrogen) atoms. The van der Waals surface area contributed by atoms with Gasteiger partial charge < -0.3 is 20.8 Å². The Morgan fingerprint density at radius 2 is 2.04 bits per heavy atom. The number of aromatic amines is 1. The molecule has 1 aliphatic carbocycles. The topological polar surface area (TPSA) is 80.1 Å². The molecule has 5 nitrogen and oxygen atoms in total. The molecule has 1 aliphatic heterocycles.